The van der Waals surface area contributed by atoms with Crippen LogP contribution in [-0.2, 0) is 0 Å². The molecule has 3 aromatic heterocycles. The highest BCUT2D eigenvalue weighted by atomic mass is 15.0. The molecule has 0 bridgehead atoms. The molecule has 132 valence electrons. The van der Waals surface area contributed by atoms with E-state index in [0.717, 1.165) is 0 Å². The van der Waals surface area contributed by atoms with Gasteiger partial charge in [0, 0.05) is 0 Å². The summed E-state index contributed by atoms with van der Waals surface area (Å²) >= 11 is 0. The molecule has 12 heteroatoms. The fourth-order valence-electron chi connectivity index (χ4n) is 2.97. The monoisotopic (exact) mass is 384 g/mol. The Labute approximate surface area is 166 Å². The lowest BCUT2D eigenvalue weighted by Gasteiger charge is -2.11. The van der Waals surface area contributed by atoms with E-state index < -0.39 is 0 Å². The van der Waals surface area contributed by atoms with E-state index in [0.29, 0.717) is 0 Å². The fourth-order valence-corrected chi connectivity index (χ4v) is 2.97. The van der Waals surface area contributed by atoms with E-state index in [1.165, 1.54) is 0 Å². The van der Waals surface area contributed by atoms with Gasteiger partial charge in [-0.3, -0.25) is 0 Å². The fraction of sp³-hybridized carbons (Fsp3) is 0. The van der Waals surface area contributed by atoms with Crippen LogP contribution in [0.2, 0.25) is 0 Å². The predicted octanol–water partition coefficient (Wildman–Crippen LogP) is 1.43. The lowest BCUT2D eigenvalue weighted by Crippen LogP contribution is -2.04. The smallest absolute Gasteiger partial charge is 0.326 e. The van der Waals surface area contributed by atoms with Crippen molar-refractivity contribution in [3.8, 4) is 30.3 Å². The Morgan fingerprint density at radius 2 is 0.933 bits per heavy atom. The quantitative estimate of drug-likeness (QED) is 0.313. The molecule has 4 rings (SSSR count). The molecule has 12 nitrogen and oxygen atoms in total. The lowest BCUT2D eigenvalue weighted by molar-refractivity contribution is 1.12. The van der Waals surface area contributed by atoms with Crippen LogP contribution in [-0.4, -0.2) is 29.9 Å². The summed E-state index contributed by atoms with van der Waals surface area (Å²) in [6.45, 7) is 7.45. The van der Waals surface area contributed by atoms with Crippen LogP contribution in [0.3, 0.4) is 0 Å². The Morgan fingerprint density at radius 3 is 1.30 bits per heavy atom. The van der Waals surface area contributed by atoms with Gasteiger partial charge in [-0.15, -0.1) is 0 Å². The highest BCUT2D eigenvalue weighted by Crippen LogP contribution is 2.38. The van der Waals surface area contributed by atoms with E-state index in [2.05, 4.69) is 34.7 Å². The molecule has 0 saturated heterocycles. The molecule has 0 fully saturated rings. The molecule has 0 atom stereocenters. The van der Waals surface area contributed by atoms with Crippen LogP contribution in [0, 0.1) is 63.2 Å². The lowest BCUT2D eigenvalue weighted by atomic mass is 10.0. The molecule has 4 aromatic rings. The minimum atomic E-state index is -0.354. The second kappa shape index (κ2) is 6.41. The number of fused-ring (bicyclic) bond motifs is 6. The van der Waals surface area contributed by atoms with Crippen molar-refractivity contribution in [1.29, 1.82) is 26.3 Å². The maximum atomic E-state index is 9.59. The van der Waals surface area contributed by atoms with Gasteiger partial charge < -0.3 is 4.85 Å². The van der Waals surface area contributed by atoms with Crippen molar-refractivity contribution in [3.63, 3.8) is 0 Å². The Bertz CT molecular complexity index is 1470. The van der Waals surface area contributed by atoms with E-state index in [9.17, 15) is 26.3 Å². The molecule has 3 heterocycles. The van der Waals surface area contributed by atoms with Crippen molar-refractivity contribution in [2.24, 2.45) is 0 Å². The van der Waals surface area contributed by atoms with Crippen molar-refractivity contribution < 1.29 is 0 Å². The number of benzene rings is 1. The maximum absolute atomic E-state index is 9.59. The van der Waals surface area contributed by atoms with Gasteiger partial charge in [0.25, 0.3) is 5.82 Å². The average Bonchev–Trinajstić information content (AvgIpc) is 2.81. The summed E-state index contributed by atoms with van der Waals surface area (Å²) in [6.07, 6.45) is 0. The molecule has 0 radical (unpaired) electrons. The van der Waals surface area contributed by atoms with Crippen molar-refractivity contribution in [1.82, 2.24) is 29.9 Å². The minimum Gasteiger partial charge on any atom is -0.360 e. The number of nitriles is 5. The van der Waals surface area contributed by atoms with Gasteiger partial charge in [0.05, 0.1) is 32.7 Å². The highest BCUT2D eigenvalue weighted by molar-refractivity contribution is 6.26. The number of aromatic nitrogens is 6. The van der Waals surface area contributed by atoms with Crippen molar-refractivity contribution >= 4 is 38.5 Å². The average molecular weight is 384 g/mol. The van der Waals surface area contributed by atoms with Crippen LogP contribution < -0.4 is 0 Å². The third kappa shape index (κ3) is 2.27. The van der Waals surface area contributed by atoms with Gasteiger partial charge in [-0.2, -0.15) is 31.3 Å². The standard InChI is InChI=1S/C18N12/c1-24-18-14-16-12(7(2-19)26-10(5-22)28-16)15-13(17(14)29-11(6-23)30-18)8(3-20)25-9(4-21)27-15. The Hall–Kier alpha value is -5.82. The summed E-state index contributed by atoms with van der Waals surface area (Å²) < 4.78 is 0. The Balaban J connectivity index is 2.55. The molecule has 0 aliphatic heterocycles. The largest absolute Gasteiger partial charge is 0.360 e. The summed E-state index contributed by atoms with van der Waals surface area (Å²) in [5.74, 6) is -1.33. The maximum Gasteiger partial charge on any atom is 0.326 e. The Kier molecular flexibility index (Phi) is 3.76. The number of hydrogen-bond donors (Lipinski definition) is 0. The molecule has 0 unspecified atom stereocenters. The van der Waals surface area contributed by atoms with E-state index in [1.807, 2.05) is 12.1 Å². The van der Waals surface area contributed by atoms with Crippen molar-refractivity contribution in [2.75, 3.05) is 0 Å². The molecule has 0 spiro atoms. The van der Waals surface area contributed by atoms with Crippen LogP contribution in [0.4, 0.5) is 5.82 Å². The predicted molar refractivity (Wildman–Crippen MR) is 95.6 cm³/mol. The third-order valence-corrected chi connectivity index (χ3v) is 4.04. The van der Waals surface area contributed by atoms with Crippen LogP contribution in [0.15, 0.2) is 0 Å². The van der Waals surface area contributed by atoms with Crippen LogP contribution in [0.5, 0.6) is 0 Å². The van der Waals surface area contributed by atoms with Gasteiger partial charge in [0.15, 0.2) is 17.5 Å². The first-order valence-corrected chi connectivity index (χ1v) is 7.75. The van der Waals surface area contributed by atoms with Crippen LogP contribution >= 0.6 is 0 Å². The highest BCUT2D eigenvalue weighted by Gasteiger charge is 2.25. The summed E-state index contributed by atoms with van der Waals surface area (Å²) in [7, 11) is 0. The molecular weight excluding hydrogens is 384 g/mol. The third-order valence-electron chi connectivity index (χ3n) is 4.04. The normalized spacial score (nSPS) is 9.80. The van der Waals surface area contributed by atoms with E-state index >= 15 is 0 Å². The first-order valence-electron chi connectivity index (χ1n) is 7.75. The van der Waals surface area contributed by atoms with Crippen molar-refractivity contribution in [2.45, 2.75) is 0 Å². The summed E-state index contributed by atoms with van der Waals surface area (Å²) in [6, 6.07) is 8.87. The van der Waals surface area contributed by atoms with Crippen molar-refractivity contribution in [3.05, 3.63) is 40.3 Å². The SMILES string of the molecule is [C-]#[N+]c1nc(C#N)nc2c3c(C#N)nc(C#N)nc3c3c(C#N)nc(C#N)nc3c12. The molecule has 0 saturated carbocycles. The van der Waals surface area contributed by atoms with Gasteiger partial charge in [0.2, 0.25) is 11.6 Å². The van der Waals surface area contributed by atoms with Gasteiger partial charge in [-0.05, 0) is 0 Å². The van der Waals surface area contributed by atoms with Crippen LogP contribution in [0.25, 0.3) is 37.6 Å². The van der Waals surface area contributed by atoms with Gasteiger partial charge >= 0.3 is 5.82 Å². The molecule has 1 aromatic carbocycles. The summed E-state index contributed by atoms with van der Waals surface area (Å²) in [4.78, 5) is 27.2. The Morgan fingerprint density at radius 1 is 0.533 bits per heavy atom. The molecule has 0 aliphatic carbocycles. The molecule has 0 amide bonds. The van der Waals surface area contributed by atoms with Gasteiger partial charge in [-0.25, -0.2) is 19.9 Å². The first-order chi connectivity index (χ1) is 14.6. The summed E-state index contributed by atoms with van der Waals surface area (Å²) in [5.41, 5.74) is -0.629. The molecule has 30 heavy (non-hydrogen) atoms. The zero-order chi connectivity index (χ0) is 21.4. The second-order valence-electron chi connectivity index (χ2n) is 5.50. The summed E-state index contributed by atoms with van der Waals surface area (Å²) in [5, 5.41) is 46.9. The molecular formula is C18N12. The zero-order valence-corrected chi connectivity index (χ0v) is 14.4. The topological polar surface area (TPSA) is 201 Å². The zero-order valence-electron chi connectivity index (χ0n) is 14.4. The van der Waals surface area contributed by atoms with Gasteiger partial charge in [0.1, 0.15) is 24.3 Å². The number of rotatable bonds is 0. The second-order valence-corrected chi connectivity index (χ2v) is 5.50. The van der Waals surface area contributed by atoms with Gasteiger partial charge in [-0.1, -0.05) is 11.6 Å². The van der Waals surface area contributed by atoms with E-state index in [-0.39, 0.29) is 67.4 Å². The number of hydrogen-bond acceptors (Lipinski definition) is 11. The van der Waals surface area contributed by atoms with Crippen LogP contribution in [0.1, 0.15) is 28.9 Å². The van der Waals surface area contributed by atoms with E-state index in [1.54, 1.807) is 18.2 Å². The molecule has 0 aliphatic rings. The van der Waals surface area contributed by atoms with E-state index in [4.69, 9.17) is 6.57 Å². The number of nitrogens with zero attached hydrogens (tertiary/aromatic N) is 12. The minimum absolute atomic E-state index is 0.00621. The first kappa shape index (κ1) is 17.6. The molecule has 0 N–H and O–H groups in total.